The Morgan fingerprint density at radius 1 is 1.30 bits per heavy atom. The Hall–Kier alpha value is -1.12. The first kappa shape index (κ1) is 16.9. The van der Waals surface area contributed by atoms with Gasteiger partial charge in [0.25, 0.3) is 0 Å². The molecule has 0 spiro atoms. The van der Waals surface area contributed by atoms with Gasteiger partial charge in [-0.05, 0) is 19.4 Å². The number of piperazine rings is 1. The third kappa shape index (κ3) is 5.48. The number of carbonyl (C=O) groups is 1. The van der Waals surface area contributed by atoms with E-state index >= 15 is 0 Å². The molecule has 1 unspecified atom stereocenters. The molecular weight excluding hydrogens is 252 g/mol. The first-order chi connectivity index (χ1) is 9.58. The second kappa shape index (κ2) is 8.93. The van der Waals surface area contributed by atoms with E-state index in [1.165, 1.54) is 0 Å². The van der Waals surface area contributed by atoms with E-state index in [2.05, 4.69) is 22.8 Å². The van der Waals surface area contributed by atoms with E-state index in [0.29, 0.717) is 6.42 Å². The summed E-state index contributed by atoms with van der Waals surface area (Å²) in [5.41, 5.74) is 0. The molecule has 114 valence electrons. The van der Waals surface area contributed by atoms with Gasteiger partial charge in [0.2, 0.25) is 5.91 Å². The van der Waals surface area contributed by atoms with Gasteiger partial charge in [-0.1, -0.05) is 13.3 Å². The maximum Gasteiger partial charge on any atom is 0.222 e. The topological polar surface area (TPSA) is 50.6 Å². The van der Waals surface area contributed by atoms with Crippen molar-refractivity contribution in [2.24, 2.45) is 0 Å². The lowest BCUT2D eigenvalue weighted by Crippen LogP contribution is -2.50. The molecule has 1 atom stereocenters. The van der Waals surface area contributed by atoms with Gasteiger partial charge < -0.3 is 9.80 Å². The highest BCUT2D eigenvalue weighted by Crippen LogP contribution is 2.11. The molecule has 0 radical (unpaired) electrons. The van der Waals surface area contributed by atoms with Crippen LogP contribution in [0.5, 0.6) is 0 Å². The van der Waals surface area contributed by atoms with Crippen molar-refractivity contribution in [2.75, 3.05) is 46.8 Å². The van der Waals surface area contributed by atoms with Crippen LogP contribution in [0.1, 0.15) is 32.6 Å². The van der Waals surface area contributed by atoms with E-state index in [0.717, 1.165) is 52.0 Å². The fourth-order valence-electron chi connectivity index (χ4n) is 2.58. The minimum absolute atomic E-state index is 0.0810. The van der Waals surface area contributed by atoms with Gasteiger partial charge in [-0.2, -0.15) is 5.26 Å². The Morgan fingerprint density at radius 3 is 2.45 bits per heavy atom. The van der Waals surface area contributed by atoms with E-state index in [9.17, 15) is 10.1 Å². The summed E-state index contributed by atoms with van der Waals surface area (Å²) in [6, 6.07) is 2.50. The largest absolute Gasteiger partial charge is 0.349 e. The number of hydrogen-bond donors (Lipinski definition) is 0. The van der Waals surface area contributed by atoms with Crippen molar-refractivity contribution in [3.63, 3.8) is 0 Å². The summed E-state index contributed by atoms with van der Waals surface area (Å²) in [5, 5.41) is 9.18. The molecule has 0 aromatic heterocycles. The Morgan fingerprint density at radius 2 is 1.95 bits per heavy atom. The molecule has 1 fully saturated rings. The van der Waals surface area contributed by atoms with Gasteiger partial charge in [-0.3, -0.25) is 9.69 Å². The van der Waals surface area contributed by atoms with Crippen LogP contribution in [0.4, 0.5) is 0 Å². The van der Waals surface area contributed by atoms with Crippen molar-refractivity contribution in [1.82, 2.24) is 14.7 Å². The lowest BCUT2D eigenvalue weighted by Gasteiger charge is -2.36. The average Bonchev–Trinajstić information content (AvgIpc) is 2.45. The maximum atomic E-state index is 11.5. The molecule has 5 heteroatoms. The van der Waals surface area contributed by atoms with Crippen molar-refractivity contribution >= 4 is 5.91 Å². The molecule has 1 rings (SSSR count). The monoisotopic (exact) mass is 280 g/mol. The predicted molar refractivity (Wildman–Crippen MR) is 80.3 cm³/mol. The summed E-state index contributed by atoms with van der Waals surface area (Å²) in [5.74, 6) is 0.205. The van der Waals surface area contributed by atoms with Crippen LogP contribution in [0.25, 0.3) is 0 Å². The van der Waals surface area contributed by atoms with E-state index in [4.69, 9.17) is 0 Å². The van der Waals surface area contributed by atoms with Crippen molar-refractivity contribution < 1.29 is 4.79 Å². The summed E-state index contributed by atoms with van der Waals surface area (Å²) in [6.45, 7) is 7.08. The van der Waals surface area contributed by atoms with E-state index < -0.39 is 0 Å². The van der Waals surface area contributed by atoms with Gasteiger partial charge in [0, 0.05) is 46.7 Å². The minimum Gasteiger partial charge on any atom is -0.349 e. The molecule has 0 bridgehead atoms. The Balaban J connectivity index is 2.22. The summed E-state index contributed by atoms with van der Waals surface area (Å²) < 4.78 is 0. The van der Waals surface area contributed by atoms with Gasteiger partial charge in [-0.25, -0.2) is 0 Å². The molecule has 1 aliphatic rings. The van der Waals surface area contributed by atoms with Crippen LogP contribution < -0.4 is 0 Å². The van der Waals surface area contributed by atoms with Crippen molar-refractivity contribution in [2.45, 2.75) is 38.6 Å². The van der Waals surface area contributed by atoms with Gasteiger partial charge >= 0.3 is 0 Å². The highest BCUT2D eigenvalue weighted by Gasteiger charge is 2.22. The first-order valence-electron chi connectivity index (χ1n) is 7.64. The summed E-state index contributed by atoms with van der Waals surface area (Å²) >= 11 is 0. The van der Waals surface area contributed by atoms with Crippen molar-refractivity contribution in [3.8, 4) is 6.07 Å². The SMILES string of the molecule is CCCC(C#N)N1CCN(CCCC(=O)N(C)C)CC1. The average molecular weight is 280 g/mol. The van der Waals surface area contributed by atoms with Crippen LogP contribution in [0.2, 0.25) is 0 Å². The van der Waals surface area contributed by atoms with Crippen LogP contribution in [0.3, 0.4) is 0 Å². The molecule has 5 nitrogen and oxygen atoms in total. The lowest BCUT2D eigenvalue weighted by atomic mass is 10.1. The van der Waals surface area contributed by atoms with E-state index in [1.807, 2.05) is 0 Å². The van der Waals surface area contributed by atoms with Gasteiger partial charge in [-0.15, -0.1) is 0 Å². The molecule has 0 aliphatic carbocycles. The molecule has 0 aromatic rings. The molecular formula is C15H28N4O. The van der Waals surface area contributed by atoms with Gasteiger partial charge in [0.1, 0.15) is 0 Å². The van der Waals surface area contributed by atoms with Gasteiger partial charge in [0.15, 0.2) is 0 Å². The number of hydrogen-bond acceptors (Lipinski definition) is 4. The zero-order chi connectivity index (χ0) is 15.0. The standard InChI is InChI=1S/C15H28N4O/c1-4-6-14(13-16)19-11-9-18(10-12-19)8-5-7-15(20)17(2)3/h14H,4-12H2,1-3H3. The zero-order valence-corrected chi connectivity index (χ0v) is 13.1. The molecule has 0 saturated carbocycles. The second-order valence-corrected chi connectivity index (χ2v) is 5.70. The zero-order valence-electron chi connectivity index (χ0n) is 13.1. The van der Waals surface area contributed by atoms with Crippen LogP contribution >= 0.6 is 0 Å². The fraction of sp³-hybridized carbons (Fsp3) is 0.867. The molecule has 0 aromatic carbocycles. The van der Waals surface area contributed by atoms with Crippen LogP contribution in [-0.4, -0.2) is 73.5 Å². The number of amides is 1. The number of carbonyl (C=O) groups excluding carboxylic acids is 1. The summed E-state index contributed by atoms with van der Waals surface area (Å²) in [4.78, 5) is 17.9. The Kier molecular flexibility index (Phi) is 7.56. The number of rotatable bonds is 7. The van der Waals surface area contributed by atoms with Crippen molar-refractivity contribution in [3.05, 3.63) is 0 Å². The van der Waals surface area contributed by atoms with Crippen LogP contribution in [-0.2, 0) is 4.79 Å². The smallest absolute Gasteiger partial charge is 0.222 e. The number of nitrogens with zero attached hydrogens (tertiary/aromatic N) is 4. The number of nitriles is 1. The molecule has 1 heterocycles. The summed E-state index contributed by atoms with van der Waals surface area (Å²) in [7, 11) is 3.60. The molecule has 1 saturated heterocycles. The molecule has 1 amide bonds. The maximum absolute atomic E-state index is 11.5. The quantitative estimate of drug-likeness (QED) is 0.702. The Labute approximate surface area is 123 Å². The third-order valence-corrected chi connectivity index (χ3v) is 3.92. The predicted octanol–water partition coefficient (Wildman–Crippen LogP) is 1.16. The molecule has 0 N–H and O–H groups in total. The van der Waals surface area contributed by atoms with Crippen LogP contribution in [0.15, 0.2) is 0 Å². The normalized spacial score (nSPS) is 18.5. The van der Waals surface area contributed by atoms with E-state index in [1.54, 1.807) is 19.0 Å². The first-order valence-corrected chi connectivity index (χ1v) is 7.64. The van der Waals surface area contributed by atoms with E-state index in [-0.39, 0.29) is 11.9 Å². The Bertz CT molecular complexity index is 329. The molecule has 1 aliphatic heterocycles. The fourth-order valence-corrected chi connectivity index (χ4v) is 2.58. The highest BCUT2D eigenvalue weighted by atomic mass is 16.2. The molecule has 20 heavy (non-hydrogen) atoms. The third-order valence-electron chi connectivity index (χ3n) is 3.92. The van der Waals surface area contributed by atoms with Crippen LogP contribution in [0, 0.1) is 11.3 Å². The minimum atomic E-state index is 0.0810. The van der Waals surface area contributed by atoms with Gasteiger partial charge in [0.05, 0.1) is 12.1 Å². The highest BCUT2D eigenvalue weighted by molar-refractivity contribution is 5.75. The lowest BCUT2D eigenvalue weighted by molar-refractivity contribution is -0.128. The van der Waals surface area contributed by atoms with Crippen molar-refractivity contribution in [1.29, 1.82) is 5.26 Å². The summed E-state index contributed by atoms with van der Waals surface area (Å²) in [6.07, 6.45) is 3.58. The second-order valence-electron chi connectivity index (χ2n) is 5.70.